The van der Waals surface area contributed by atoms with Gasteiger partial charge in [0.2, 0.25) is 5.95 Å². The van der Waals surface area contributed by atoms with E-state index in [1.165, 1.54) is 6.07 Å². The van der Waals surface area contributed by atoms with Crippen LogP contribution in [-0.2, 0) is 4.74 Å². The first-order valence-corrected chi connectivity index (χ1v) is 17.4. The third kappa shape index (κ3) is 6.64. The second-order valence-electron chi connectivity index (χ2n) is 14.7. The molecule has 264 valence electrons. The van der Waals surface area contributed by atoms with Gasteiger partial charge in [-0.15, -0.1) is 0 Å². The van der Waals surface area contributed by atoms with Crippen molar-refractivity contribution in [2.24, 2.45) is 5.41 Å². The predicted octanol–water partition coefficient (Wildman–Crippen LogP) is 7.80. The van der Waals surface area contributed by atoms with Gasteiger partial charge in [-0.05, 0) is 83.7 Å². The molecule has 1 amide bonds. The Morgan fingerprint density at radius 2 is 1.84 bits per heavy atom. The van der Waals surface area contributed by atoms with Gasteiger partial charge in [-0.3, -0.25) is 9.67 Å². The molecule has 2 N–H and O–H groups in total. The summed E-state index contributed by atoms with van der Waals surface area (Å²) in [5, 5.41) is 11.4. The van der Waals surface area contributed by atoms with Gasteiger partial charge in [0, 0.05) is 53.0 Å². The number of alkyl carbamates (subject to hydrolysis) is 1. The van der Waals surface area contributed by atoms with Crippen LogP contribution in [0.1, 0.15) is 59.4 Å². The fraction of sp³-hybridized carbons (Fsp3) is 0.395. The number of fused-ring (bicyclic) bond motifs is 1. The van der Waals surface area contributed by atoms with Crippen LogP contribution in [0.3, 0.4) is 0 Å². The number of amides is 1. The van der Waals surface area contributed by atoms with E-state index in [1.807, 2.05) is 50.7 Å². The number of hydrogen-bond donors (Lipinski definition) is 2. The van der Waals surface area contributed by atoms with Crippen molar-refractivity contribution in [2.75, 3.05) is 29.9 Å². The lowest BCUT2D eigenvalue weighted by molar-refractivity contribution is 0.0493. The number of anilines is 3. The molecule has 1 atom stereocenters. The van der Waals surface area contributed by atoms with Gasteiger partial charge >= 0.3 is 6.09 Å². The number of pyridine rings is 1. The molecule has 5 aromatic rings. The van der Waals surface area contributed by atoms with E-state index in [1.54, 1.807) is 30.6 Å². The van der Waals surface area contributed by atoms with Crippen LogP contribution < -0.4 is 20.3 Å². The average Bonchev–Trinajstić information content (AvgIpc) is 4.01. The van der Waals surface area contributed by atoms with Crippen molar-refractivity contribution in [3.63, 3.8) is 0 Å². The Labute approximate surface area is 294 Å². The van der Waals surface area contributed by atoms with Crippen molar-refractivity contribution >= 4 is 34.3 Å². The zero-order valence-electron chi connectivity index (χ0n) is 29.0. The van der Waals surface area contributed by atoms with Gasteiger partial charge in [-0.2, -0.15) is 5.10 Å². The van der Waals surface area contributed by atoms with Crippen molar-refractivity contribution < 1.29 is 23.0 Å². The Kier molecular flexibility index (Phi) is 8.03. The maximum atomic E-state index is 15.7. The first kappa shape index (κ1) is 32.9. The standard InChI is InChI=1S/C38H40F2N8O3/c1-5-50-25-9-10-29(39)26(15-25)28-17-41-31-11-6-22(33-30(40)18-42-35(46-33)44-23-16-43-48(19-23)24-7-8-24)14-27(31)34(28)47-20-32(38(21-47)12-13-38)45-36(49)51-37(2,3)4/h6,9-11,14-19,24,32H,5,7-8,12-13,20-21H2,1-4H3,(H,45,49)(H,42,44,46)/t32-/m1/s1. The summed E-state index contributed by atoms with van der Waals surface area (Å²) in [4.78, 5) is 28.6. The van der Waals surface area contributed by atoms with Gasteiger partial charge in [0.25, 0.3) is 0 Å². The fourth-order valence-electron chi connectivity index (χ4n) is 6.99. The van der Waals surface area contributed by atoms with Gasteiger partial charge < -0.3 is 25.0 Å². The molecule has 1 aliphatic heterocycles. The largest absolute Gasteiger partial charge is 0.494 e. The first-order valence-electron chi connectivity index (χ1n) is 17.4. The molecule has 2 aliphatic carbocycles. The maximum absolute atomic E-state index is 15.7. The molecule has 4 heterocycles. The summed E-state index contributed by atoms with van der Waals surface area (Å²) >= 11 is 0. The number of ether oxygens (including phenoxy) is 2. The normalized spacial score (nSPS) is 17.9. The average molecular weight is 695 g/mol. The highest BCUT2D eigenvalue weighted by molar-refractivity contribution is 6.02. The van der Waals surface area contributed by atoms with E-state index in [4.69, 9.17) is 14.5 Å². The molecule has 2 saturated carbocycles. The first-order chi connectivity index (χ1) is 24.5. The summed E-state index contributed by atoms with van der Waals surface area (Å²) in [5.74, 6) is -0.253. The predicted molar refractivity (Wildman–Crippen MR) is 190 cm³/mol. The number of benzene rings is 2. The minimum absolute atomic E-state index is 0.106. The minimum atomic E-state index is -0.642. The Bertz CT molecular complexity index is 2140. The third-order valence-electron chi connectivity index (χ3n) is 9.72. The van der Waals surface area contributed by atoms with Crippen LogP contribution in [0.5, 0.6) is 5.75 Å². The topological polar surface area (TPSA) is 119 Å². The van der Waals surface area contributed by atoms with Crippen molar-refractivity contribution in [1.29, 1.82) is 0 Å². The van der Waals surface area contributed by atoms with Gasteiger partial charge in [-0.25, -0.2) is 23.5 Å². The number of nitrogens with one attached hydrogen (secondary N) is 2. The number of rotatable bonds is 9. The molecule has 3 aromatic heterocycles. The molecular formula is C38H40F2N8O3. The summed E-state index contributed by atoms with van der Waals surface area (Å²) in [6, 6.07) is 10.3. The summed E-state index contributed by atoms with van der Waals surface area (Å²) in [6.45, 7) is 8.89. The van der Waals surface area contributed by atoms with Gasteiger partial charge in [0.1, 0.15) is 22.9 Å². The Morgan fingerprint density at radius 1 is 1.02 bits per heavy atom. The monoisotopic (exact) mass is 694 g/mol. The van der Waals surface area contributed by atoms with E-state index in [0.717, 1.165) is 37.6 Å². The highest BCUT2D eigenvalue weighted by Crippen LogP contribution is 2.55. The fourth-order valence-corrected chi connectivity index (χ4v) is 6.99. The SMILES string of the molecule is CCOc1ccc(F)c(-c2cnc3ccc(-c4nc(Nc5cnn(C6CC6)c5)ncc4F)cc3c2N2C[C@@H](NC(=O)OC(C)(C)C)C3(CC3)C2)c1. The smallest absolute Gasteiger partial charge is 0.407 e. The third-order valence-corrected chi connectivity index (χ3v) is 9.72. The van der Waals surface area contributed by atoms with Gasteiger partial charge in [0.05, 0.1) is 48.0 Å². The summed E-state index contributed by atoms with van der Waals surface area (Å²) < 4.78 is 44.5. The minimum Gasteiger partial charge on any atom is -0.494 e. The van der Waals surface area contributed by atoms with Crippen molar-refractivity contribution in [1.82, 2.24) is 30.0 Å². The number of halogens is 2. The van der Waals surface area contributed by atoms with Crippen LogP contribution in [0.25, 0.3) is 33.3 Å². The lowest BCUT2D eigenvalue weighted by atomic mass is 9.98. The van der Waals surface area contributed by atoms with Crippen molar-refractivity contribution in [2.45, 2.75) is 71.1 Å². The van der Waals surface area contributed by atoms with Crippen LogP contribution in [0, 0.1) is 17.0 Å². The van der Waals surface area contributed by atoms with E-state index in [0.29, 0.717) is 64.8 Å². The number of nitrogens with zero attached hydrogens (tertiary/aromatic N) is 6. The molecule has 3 aliphatic rings. The quantitative estimate of drug-likeness (QED) is 0.159. The Balaban J connectivity index is 1.21. The lowest BCUT2D eigenvalue weighted by Gasteiger charge is -2.25. The molecule has 2 aromatic carbocycles. The number of aromatic nitrogens is 5. The molecule has 11 nitrogen and oxygen atoms in total. The Hall–Kier alpha value is -5.33. The molecule has 3 fully saturated rings. The van der Waals surface area contributed by atoms with Gasteiger partial charge in [-0.1, -0.05) is 6.07 Å². The van der Waals surface area contributed by atoms with E-state index < -0.39 is 23.3 Å². The van der Waals surface area contributed by atoms with E-state index in [-0.39, 0.29) is 23.1 Å². The summed E-state index contributed by atoms with van der Waals surface area (Å²) in [5.41, 5.74) is 2.80. The summed E-state index contributed by atoms with van der Waals surface area (Å²) in [7, 11) is 0. The van der Waals surface area contributed by atoms with Crippen LogP contribution >= 0.6 is 0 Å². The Morgan fingerprint density at radius 3 is 2.59 bits per heavy atom. The molecule has 13 heteroatoms. The summed E-state index contributed by atoms with van der Waals surface area (Å²) in [6.07, 6.45) is 10.0. The second kappa shape index (κ2) is 12.5. The van der Waals surface area contributed by atoms with Crippen LogP contribution in [-0.4, -0.2) is 62.2 Å². The zero-order chi connectivity index (χ0) is 35.5. The molecule has 1 saturated heterocycles. The van der Waals surface area contributed by atoms with E-state index >= 15 is 8.78 Å². The molecule has 0 bridgehead atoms. The number of carbonyl (C=O) groups excluding carboxylic acids is 1. The second-order valence-corrected chi connectivity index (χ2v) is 14.7. The van der Waals surface area contributed by atoms with Crippen molar-refractivity contribution in [3.05, 3.63) is 72.8 Å². The highest BCUT2D eigenvalue weighted by Gasteiger charge is 2.56. The molecule has 0 radical (unpaired) electrons. The van der Waals surface area contributed by atoms with Crippen LogP contribution in [0.15, 0.2) is 61.2 Å². The molecular weight excluding hydrogens is 654 g/mol. The lowest BCUT2D eigenvalue weighted by Crippen LogP contribution is -2.44. The molecule has 51 heavy (non-hydrogen) atoms. The molecule has 8 rings (SSSR count). The number of carbonyl (C=O) groups is 1. The molecule has 1 spiro atoms. The zero-order valence-corrected chi connectivity index (χ0v) is 29.0. The van der Waals surface area contributed by atoms with Crippen molar-refractivity contribution in [3.8, 4) is 28.1 Å². The highest BCUT2D eigenvalue weighted by atomic mass is 19.1. The van der Waals surface area contributed by atoms with E-state index in [9.17, 15) is 4.79 Å². The maximum Gasteiger partial charge on any atom is 0.407 e. The number of hydrogen-bond acceptors (Lipinski definition) is 9. The van der Waals surface area contributed by atoms with Gasteiger partial charge in [0.15, 0.2) is 5.82 Å². The molecule has 0 unspecified atom stereocenters. The van der Waals surface area contributed by atoms with Crippen LogP contribution in [0.2, 0.25) is 0 Å². The van der Waals surface area contributed by atoms with Crippen LogP contribution in [0.4, 0.5) is 30.9 Å². The van der Waals surface area contributed by atoms with E-state index in [2.05, 4.69) is 30.6 Å².